The first kappa shape index (κ1) is 13.9. The molecule has 1 rings (SSSR count). The molecule has 2 N–H and O–H groups in total. The van der Waals surface area contributed by atoms with Crippen molar-refractivity contribution in [2.45, 2.75) is 63.9 Å². The Hall–Kier alpha value is -0.160. The van der Waals surface area contributed by atoms with E-state index >= 15 is 0 Å². The van der Waals surface area contributed by atoms with Gasteiger partial charge in [-0.25, -0.2) is 0 Å². The van der Waals surface area contributed by atoms with E-state index in [0.717, 1.165) is 25.7 Å². The Labute approximate surface area is 97.6 Å². The Kier molecular flexibility index (Phi) is 6.28. The Morgan fingerprint density at radius 1 is 1.19 bits per heavy atom. The molecule has 4 atom stereocenters. The lowest BCUT2D eigenvalue weighted by molar-refractivity contribution is -0.112. The van der Waals surface area contributed by atoms with Crippen LogP contribution in [0.3, 0.4) is 0 Å². The lowest BCUT2D eigenvalue weighted by atomic mass is 9.95. The van der Waals surface area contributed by atoms with Crippen molar-refractivity contribution in [3.63, 3.8) is 0 Å². The molecular formula is C12H24O4. The Balaban J connectivity index is 2.14. The first-order valence-electron chi connectivity index (χ1n) is 6.19. The van der Waals surface area contributed by atoms with Gasteiger partial charge in [0.15, 0.2) is 0 Å². The average Bonchev–Trinajstić information content (AvgIpc) is 2.21. The molecule has 0 aromatic heterocycles. The third-order valence-electron chi connectivity index (χ3n) is 2.79. The molecule has 0 radical (unpaired) electrons. The van der Waals surface area contributed by atoms with Crippen molar-refractivity contribution in [2.24, 2.45) is 0 Å². The number of hydrogen-bond donors (Lipinski definition) is 2. The minimum Gasteiger partial charge on any atom is -0.391 e. The highest BCUT2D eigenvalue weighted by molar-refractivity contribution is 4.75. The number of aliphatic hydroxyl groups is 2. The van der Waals surface area contributed by atoms with Gasteiger partial charge in [0, 0.05) is 0 Å². The topological polar surface area (TPSA) is 58.9 Å². The molecule has 1 fully saturated rings. The largest absolute Gasteiger partial charge is 0.391 e. The molecule has 0 saturated heterocycles. The summed E-state index contributed by atoms with van der Waals surface area (Å²) < 4.78 is 11.0. The van der Waals surface area contributed by atoms with E-state index in [1.54, 1.807) is 6.92 Å². The number of ether oxygens (including phenoxy) is 2. The van der Waals surface area contributed by atoms with Crippen molar-refractivity contribution < 1.29 is 19.7 Å². The monoisotopic (exact) mass is 232 g/mol. The van der Waals surface area contributed by atoms with Crippen LogP contribution in [0.5, 0.6) is 0 Å². The molecule has 4 nitrogen and oxygen atoms in total. The molecular weight excluding hydrogens is 208 g/mol. The lowest BCUT2D eigenvalue weighted by Crippen LogP contribution is -2.36. The fraction of sp³-hybridized carbons (Fsp3) is 1.00. The summed E-state index contributed by atoms with van der Waals surface area (Å²) in [6, 6.07) is 0. The van der Waals surface area contributed by atoms with Crippen molar-refractivity contribution in [3.8, 4) is 0 Å². The summed E-state index contributed by atoms with van der Waals surface area (Å²) in [5.41, 5.74) is 0. The van der Waals surface area contributed by atoms with Crippen molar-refractivity contribution in [1.82, 2.24) is 0 Å². The zero-order chi connectivity index (χ0) is 12.0. The fourth-order valence-corrected chi connectivity index (χ4v) is 1.98. The maximum atomic E-state index is 9.73. The summed E-state index contributed by atoms with van der Waals surface area (Å²) in [6.07, 6.45) is 3.15. The molecule has 0 aliphatic heterocycles. The van der Waals surface area contributed by atoms with Crippen molar-refractivity contribution in [2.75, 3.05) is 13.2 Å². The van der Waals surface area contributed by atoms with E-state index in [9.17, 15) is 5.11 Å². The zero-order valence-corrected chi connectivity index (χ0v) is 10.3. The third kappa shape index (κ3) is 5.25. The van der Waals surface area contributed by atoms with Crippen LogP contribution in [0, 0.1) is 0 Å². The van der Waals surface area contributed by atoms with E-state index < -0.39 is 6.10 Å². The van der Waals surface area contributed by atoms with Crippen LogP contribution in [0.1, 0.15) is 39.5 Å². The van der Waals surface area contributed by atoms with Crippen LogP contribution in [0.15, 0.2) is 0 Å². The van der Waals surface area contributed by atoms with Gasteiger partial charge in [-0.3, -0.25) is 0 Å². The summed E-state index contributed by atoms with van der Waals surface area (Å²) in [5.74, 6) is 0. The van der Waals surface area contributed by atoms with Gasteiger partial charge in [-0.15, -0.1) is 0 Å². The minimum atomic E-state index is -0.438. The van der Waals surface area contributed by atoms with Gasteiger partial charge in [0.2, 0.25) is 0 Å². The standard InChI is InChI=1S/C12H24O4/c1-9(13)7-15-8-10(2)16-12-6-4-3-5-11(12)14/h9-14H,3-8H2,1-2H3. The third-order valence-corrected chi connectivity index (χ3v) is 2.79. The first-order valence-corrected chi connectivity index (χ1v) is 6.19. The Morgan fingerprint density at radius 3 is 2.50 bits per heavy atom. The van der Waals surface area contributed by atoms with Crippen molar-refractivity contribution >= 4 is 0 Å². The van der Waals surface area contributed by atoms with E-state index in [4.69, 9.17) is 14.6 Å². The summed E-state index contributed by atoms with van der Waals surface area (Å²) in [6.45, 7) is 4.43. The predicted octanol–water partition coefficient (Wildman–Crippen LogP) is 1.09. The Morgan fingerprint density at radius 2 is 1.88 bits per heavy atom. The number of aliphatic hydroxyl groups excluding tert-OH is 2. The molecule has 0 heterocycles. The van der Waals surface area contributed by atoms with Gasteiger partial charge >= 0.3 is 0 Å². The van der Waals surface area contributed by atoms with Gasteiger partial charge in [-0.05, 0) is 26.7 Å². The molecule has 0 aromatic carbocycles. The van der Waals surface area contributed by atoms with Gasteiger partial charge in [0.25, 0.3) is 0 Å². The van der Waals surface area contributed by atoms with Gasteiger partial charge in [-0.2, -0.15) is 0 Å². The predicted molar refractivity (Wildman–Crippen MR) is 61.3 cm³/mol. The van der Waals surface area contributed by atoms with Gasteiger partial charge < -0.3 is 19.7 Å². The number of rotatable bonds is 6. The Bertz CT molecular complexity index is 184. The summed E-state index contributed by atoms with van der Waals surface area (Å²) >= 11 is 0. The van der Waals surface area contributed by atoms with Crippen LogP contribution in [-0.2, 0) is 9.47 Å². The fourth-order valence-electron chi connectivity index (χ4n) is 1.98. The summed E-state index contributed by atoms with van der Waals surface area (Å²) in [7, 11) is 0. The van der Waals surface area contributed by atoms with E-state index in [0.29, 0.717) is 13.2 Å². The van der Waals surface area contributed by atoms with Crippen LogP contribution in [-0.4, -0.2) is 47.8 Å². The average molecular weight is 232 g/mol. The minimum absolute atomic E-state index is 0.0310. The molecule has 16 heavy (non-hydrogen) atoms. The molecule has 0 amide bonds. The van der Waals surface area contributed by atoms with E-state index in [2.05, 4.69) is 0 Å². The smallest absolute Gasteiger partial charge is 0.0838 e. The highest BCUT2D eigenvalue weighted by atomic mass is 16.5. The lowest BCUT2D eigenvalue weighted by Gasteiger charge is -2.30. The zero-order valence-electron chi connectivity index (χ0n) is 10.3. The summed E-state index contributed by atoms with van der Waals surface area (Å²) in [5, 5.41) is 18.7. The highest BCUT2D eigenvalue weighted by Crippen LogP contribution is 2.22. The second kappa shape index (κ2) is 7.22. The van der Waals surface area contributed by atoms with Crippen LogP contribution in [0.2, 0.25) is 0 Å². The van der Waals surface area contributed by atoms with Gasteiger partial charge in [-0.1, -0.05) is 12.8 Å². The van der Waals surface area contributed by atoms with Crippen LogP contribution >= 0.6 is 0 Å². The molecule has 96 valence electrons. The maximum absolute atomic E-state index is 9.73. The molecule has 0 spiro atoms. The normalized spacial score (nSPS) is 30.0. The second-order valence-electron chi connectivity index (χ2n) is 4.72. The first-order chi connectivity index (χ1) is 7.59. The molecule has 4 heteroatoms. The van der Waals surface area contributed by atoms with Crippen LogP contribution < -0.4 is 0 Å². The van der Waals surface area contributed by atoms with Crippen LogP contribution in [0.4, 0.5) is 0 Å². The van der Waals surface area contributed by atoms with Crippen LogP contribution in [0.25, 0.3) is 0 Å². The van der Waals surface area contributed by atoms with Gasteiger partial charge in [0.05, 0.1) is 37.6 Å². The molecule has 4 unspecified atom stereocenters. The quantitative estimate of drug-likeness (QED) is 0.720. The van der Waals surface area contributed by atoms with Gasteiger partial charge in [0.1, 0.15) is 0 Å². The second-order valence-corrected chi connectivity index (χ2v) is 4.72. The van der Waals surface area contributed by atoms with E-state index in [1.165, 1.54) is 0 Å². The molecule has 1 aliphatic carbocycles. The van der Waals surface area contributed by atoms with Crippen molar-refractivity contribution in [3.05, 3.63) is 0 Å². The SMILES string of the molecule is CC(O)COCC(C)OC1CCCCC1O. The highest BCUT2D eigenvalue weighted by Gasteiger charge is 2.25. The molecule has 0 aromatic rings. The van der Waals surface area contributed by atoms with E-state index in [1.807, 2.05) is 6.92 Å². The number of hydrogen-bond acceptors (Lipinski definition) is 4. The maximum Gasteiger partial charge on any atom is 0.0838 e. The molecule has 1 aliphatic rings. The molecule has 1 saturated carbocycles. The molecule has 0 bridgehead atoms. The van der Waals surface area contributed by atoms with Crippen molar-refractivity contribution in [1.29, 1.82) is 0 Å². The summed E-state index contributed by atoms with van der Waals surface area (Å²) in [4.78, 5) is 0. The van der Waals surface area contributed by atoms with E-state index in [-0.39, 0.29) is 18.3 Å².